The number of benzene rings is 1. The average Bonchev–Trinajstić information content (AvgIpc) is 2.68. The Bertz CT molecular complexity index is 854. The van der Waals surface area contributed by atoms with Crippen molar-refractivity contribution in [1.29, 1.82) is 0 Å². The first-order chi connectivity index (χ1) is 12.7. The predicted octanol–water partition coefficient (Wildman–Crippen LogP) is 4.50. The number of methoxy groups -OCH3 is 1. The first-order valence-corrected chi connectivity index (χ1v) is 8.65. The highest BCUT2D eigenvalue weighted by Gasteiger charge is 2.09. The fraction of sp³-hybridized carbons (Fsp3) is 0.250. The van der Waals surface area contributed by atoms with Crippen LogP contribution in [0.1, 0.15) is 20.3 Å². The van der Waals surface area contributed by atoms with Gasteiger partial charge in [0.15, 0.2) is 0 Å². The molecule has 0 aliphatic carbocycles. The van der Waals surface area contributed by atoms with Gasteiger partial charge in [-0.3, -0.25) is 4.98 Å². The smallest absolute Gasteiger partial charge is 0.225 e. The molecule has 2 aromatic heterocycles. The van der Waals surface area contributed by atoms with E-state index in [9.17, 15) is 0 Å². The van der Waals surface area contributed by atoms with Gasteiger partial charge < -0.3 is 15.4 Å². The van der Waals surface area contributed by atoms with Gasteiger partial charge >= 0.3 is 0 Å². The van der Waals surface area contributed by atoms with E-state index in [2.05, 4.69) is 39.4 Å². The molecule has 0 saturated heterocycles. The summed E-state index contributed by atoms with van der Waals surface area (Å²) >= 11 is 0. The molecule has 6 nitrogen and oxygen atoms in total. The highest BCUT2D eigenvalue weighted by molar-refractivity contribution is 5.67. The predicted molar refractivity (Wildman–Crippen MR) is 105 cm³/mol. The maximum absolute atomic E-state index is 5.28. The van der Waals surface area contributed by atoms with Gasteiger partial charge in [0.05, 0.1) is 12.8 Å². The second-order valence-corrected chi connectivity index (χ2v) is 6.01. The van der Waals surface area contributed by atoms with Gasteiger partial charge in [0, 0.05) is 41.8 Å². The van der Waals surface area contributed by atoms with Crippen LogP contribution < -0.4 is 15.4 Å². The Morgan fingerprint density at radius 3 is 2.73 bits per heavy atom. The highest BCUT2D eigenvalue weighted by Crippen LogP contribution is 2.25. The Morgan fingerprint density at radius 1 is 1.12 bits per heavy atom. The average molecular weight is 349 g/mol. The molecule has 1 aromatic carbocycles. The topological polar surface area (TPSA) is 72.0 Å². The molecule has 0 radical (unpaired) electrons. The van der Waals surface area contributed by atoms with Crippen molar-refractivity contribution in [2.24, 2.45) is 0 Å². The highest BCUT2D eigenvalue weighted by atomic mass is 16.5. The molecule has 2 heterocycles. The molecule has 26 heavy (non-hydrogen) atoms. The molecule has 3 aromatic rings. The third kappa shape index (κ3) is 4.47. The number of hydrogen-bond donors (Lipinski definition) is 2. The van der Waals surface area contributed by atoms with E-state index in [-0.39, 0.29) is 6.04 Å². The molecular formula is C20H23N5O. The molecule has 2 N–H and O–H groups in total. The minimum atomic E-state index is 0.281. The maximum Gasteiger partial charge on any atom is 0.225 e. The quantitative estimate of drug-likeness (QED) is 0.654. The first-order valence-electron chi connectivity index (χ1n) is 8.65. The SMILES string of the molecule is CC[C@@H](C)Nc1nc(Nc2cccc(OC)c2)cc(-c2cccnc2)n1. The summed E-state index contributed by atoms with van der Waals surface area (Å²) in [5, 5.41) is 6.67. The van der Waals surface area contributed by atoms with Crippen LogP contribution in [-0.4, -0.2) is 28.1 Å². The zero-order valence-electron chi connectivity index (χ0n) is 15.2. The first kappa shape index (κ1) is 17.7. The van der Waals surface area contributed by atoms with Crippen molar-refractivity contribution in [3.63, 3.8) is 0 Å². The number of anilines is 3. The summed E-state index contributed by atoms with van der Waals surface area (Å²) < 4.78 is 5.28. The molecule has 0 bridgehead atoms. The van der Waals surface area contributed by atoms with Crippen LogP contribution in [0.4, 0.5) is 17.5 Å². The molecule has 0 fully saturated rings. The summed E-state index contributed by atoms with van der Waals surface area (Å²) in [7, 11) is 1.65. The van der Waals surface area contributed by atoms with Crippen molar-refractivity contribution in [3.05, 3.63) is 54.9 Å². The molecule has 1 atom stereocenters. The second kappa shape index (κ2) is 8.29. The molecule has 0 aliphatic rings. The van der Waals surface area contributed by atoms with E-state index < -0.39 is 0 Å². The van der Waals surface area contributed by atoms with E-state index >= 15 is 0 Å². The van der Waals surface area contributed by atoms with E-state index in [0.717, 1.165) is 29.1 Å². The van der Waals surface area contributed by atoms with Gasteiger partial charge in [0.2, 0.25) is 5.95 Å². The summed E-state index contributed by atoms with van der Waals surface area (Å²) in [6.45, 7) is 4.23. The van der Waals surface area contributed by atoms with E-state index in [1.165, 1.54) is 0 Å². The molecular weight excluding hydrogens is 326 g/mol. The molecule has 0 spiro atoms. The van der Waals surface area contributed by atoms with Crippen LogP contribution in [0.15, 0.2) is 54.9 Å². The van der Waals surface area contributed by atoms with E-state index in [1.54, 1.807) is 19.5 Å². The van der Waals surface area contributed by atoms with Crippen LogP contribution in [0, 0.1) is 0 Å². The van der Waals surface area contributed by atoms with E-state index in [0.29, 0.717) is 11.8 Å². The molecule has 3 rings (SSSR count). The number of rotatable bonds is 7. The van der Waals surface area contributed by atoms with Gasteiger partial charge in [-0.25, -0.2) is 4.98 Å². The summed E-state index contributed by atoms with van der Waals surface area (Å²) in [6, 6.07) is 13.8. The zero-order chi connectivity index (χ0) is 18.4. The minimum absolute atomic E-state index is 0.281. The summed E-state index contributed by atoms with van der Waals surface area (Å²) in [4.78, 5) is 13.4. The third-order valence-corrected chi connectivity index (χ3v) is 4.01. The van der Waals surface area contributed by atoms with Crippen LogP contribution in [0.25, 0.3) is 11.3 Å². The van der Waals surface area contributed by atoms with Crippen LogP contribution in [0.2, 0.25) is 0 Å². The molecule has 0 saturated carbocycles. The fourth-order valence-corrected chi connectivity index (χ4v) is 2.41. The van der Waals surface area contributed by atoms with Crippen molar-refractivity contribution in [2.45, 2.75) is 26.3 Å². The van der Waals surface area contributed by atoms with Crippen LogP contribution in [0.5, 0.6) is 5.75 Å². The second-order valence-electron chi connectivity index (χ2n) is 6.01. The molecule has 0 amide bonds. The third-order valence-electron chi connectivity index (χ3n) is 4.01. The largest absolute Gasteiger partial charge is 0.497 e. The van der Waals surface area contributed by atoms with Crippen molar-refractivity contribution in [3.8, 4) is 17.0 Å². The monoisotopic (exact) mass is 349 g/mol. The Labute approximate surface area is 153 Å². The Morgan fingerprint density at radius 2 is 2.00 bits per heavy atom. The summed E-state index contributed by atoms with van der Waals surface area (Å²) in [5.41, 5.74) is 2.65. The number of ether oxygens (including phenoxy) is 1. The van der Waals surface area contributed by atoms with Gasteiger partial charge in [-0.2, -0.15) is 4.98 Å². The molecule has 0 unspecified atom stereocenters. The Hall–Kier alpha value is -3.15. The summed E-state index contributed by atoms with van der Waals surface area (Å²) in [5.74, 6) is 2.08. The Kier molecular flexibility index (Phi) is 5.63. The normalized spacial score (nSPS) is 11.7. The fourth-order valence-electron chi connectivity index (χ4n) is 2.41. The van der Waals surface area contributed by atoms with E-state index in [4.69, 9.17) is 4.74 Å². The number of pyridine rings is 1. The van der Waals surface area contributed by atoms with E-state index in [1.807, 2.05) is 42.5 Å². The number of aromatic nitrogens is 3. The Balaban J connectivity index is 1.96. The van der Waals surface area contributed by atoms with Gasteiger partial charge in [0.1, 0.15) is 11.6 Å². The van der Waals surface area contributed by atoms with Gasteiger partial charge in [0.25, 0.3) is 0 Å². The number of nitrogens with one attached hydrogen (secondary N) is 2. The van der Waals surface area contributed by atoms with Gasteiger partial charge in [-0.15, -0.1) is 0 Å². The molecule has 134 valence electrons. The van der Waals surface area contributed by atoms with Crippen LogP contribution >= 0.6 is 0 Å². The lowest BCUT2D eigenvalue weighted by Crippen LogP contribution is -2.16. The molecule has 6 heteroatoms. The zero-order valence-corrected chi connectivity index (χ0v) is 15.2. The number of nitrogens with zero attached hydrogens (tertiary/aromatic N) is 3. The van der Waals surface area contributed by atoms with Crippen molar-refractivity contribution in [1.82, 2.24) is 15.0 Å². The van der Waals surface area contributed by atoms with Crippen molar-refractivity contribution < 1.29 is 4.74 Å². The minimum Gasteiger partial charge on any atom is -0.497 e. The lowest BCUT2D eigenvalue weighted by molar-refractivity contribution is 0.415. The van der Waals surface area contributed by atoms with Gasteiger partial charge in [-0.05, 0) is 37.6 Å². The maximum atomic E-state index is 5.28. The van der Waals surface area contributed by atoms with Crippen molar-refractivity contribution >= 4 is 17.5 Å². The molecule has 0 aliphatic heterocycles. The lowest BCUT2D eigenvalue weighted by Gasteiger charge is -2.15. The standard InChI is InChI=1S/C20H23N5O/c1-4-14(2)22-20-24-18(15-7-6-10-21-13-15)12-19(25-20)23-16-8-5-9-17(11-16)26-3/h5-14H,4H2,1-3H3,(H2,22,23,24,25)/t14-/m1/s1. The van der Waals surface area contributed by atoms with Crippen LogP contribution in [-0.2, 0) is 0 Å². The number of hydrogen-bond acceptors (Lipinski definition) is 6. The lowest BCUT2D eigenvalue weighted by atomic mass is 10.2. The van der Waals surface area contributed by atoms with Crippen LogP contribution in [0.3, 0.4) is 0 Å². The summed E-state index contributed by atoms with van der Waals surface area (Å²) in [6.07, 6.45) is 4.53. The van der Waals surface area contributed by atoms with Gasteiger partial charge in [-0.1, -0.05) is 13.0 Å². The van der Waals surface area contributed by atoms with Crippen molar-refractivity contribution in [2.75, 3.05) is 17.7 Å².